The van der Waals surface area contributed by atoms with E-state index in [1.807, 2.05) is 58.9 Å². The Balaban J connectivity index is 1.16. The molecule has 3 fully saturated rings. The number of aryl methyl sites for hydroxylation is 1. The maximum atomic E-state index is 15.2. The largest absolute Gasteiger partial charge is 0.491 e. The van der Waals surface area contributed by atoms with Gasteiger partial charge in [-0.05, 0) is 93.8 Å². The third-order valence-electron chi connectivity index (χ3n) is 12.4. The van der Waals surface area contributed by atoms with E-state index >= 15 is 4.79 Å². The maximum Gasteiger partial charge on any atom is 0.349 e. The van der Waals surface area contributed by atoms with Crippen molar-refractivity contribution >= 4 is 76.6 Å². The van der Waals surface area contributed by atoms with Gasteiger partial charge in [-0.3, -0.25) is 19.1 Å². The van der Waals surface area contributed by atoms with Crippen LogP contribution >= 0.6 is 22.7 Å². The lowest BCUT2D eigenvalue weighted by atomic mass is 9.77. The molecule has 5 aromatic rings. The molecule has 0 spiro atoms. The van der Waals surface area contributed by atoms with Crippen molar-refractivity contribution in [1.82, 2.24) is 24.6 Å². The topological polar surface area (TPSA) is 184 Å². The number of sulfonamides is 1. The van der Waals surface area contributed by atoms with Gasteiger partial charge in [-0.2, -0.15) is 4.98 Å². The number of methoxy groups -OCH3 is 1. The van der Waals surface area contributed by atoms with Crippen LogP contribution in [-0.2, 0) is 35.6 Å². The van der Waals surface area contributed by atoms with E-state index in [1.165, 1.54) is 35.5 Å². The fraction of sp³-hybridized carbons (Fsp3) is 0.468. The van der Waals surface area contributed by atoms with Gasteiger partial charge >= 0.3 is 5.97 Å². The number of esters is 1. The molecule has 2 aliphatic carbocycles. The molecule has 1 aliphatic heterocycles. The second-order valence-electron chi connectivity index (χ2n) is 18.6. The Bertz CT molecular complexity index is 2830. The molecular weight excluding hydrogens is 894 g/mol. The van der Waals surface area contributed by atoms with Gasteiger partial charge in [-0.25, -0.2) is 27.6 Å². The Morgan fingerprint density at radius 2 is 1.78 bits per heavy atom. The van der Waals surface area contributed by atoms with Crippen molar-refractivity contribution in [2.75, 3.05) is 13.7 Å². The van der Waals surface area contributed by atoms with Crippen molar-refractivity contribution in [2.24, 2.45) is 22.7 Å². The average molecular weight is 946 g/mol. The first-order valence-electron chi connectivity index (χ1n) is 21.6. The number of carbonyl (C=O) groups is 4. The van der Waals surface area contributed by atoms with Gasteiger partial charge in [0.15, 0.2) is 11.6 Å². The molecule has 3 aromatic heterocycles. The van der Waals surface area contributed by atoms with Crippen molar-refractivity contribution in [3.05, 3.63) is 76.5 Å². The highest BCUT2D eigenvalue weighted by atomic mass is 32.2. The Morgan fingerprint density at radius 3 is 2.42 bits per heavy atom. The number of hydrogen-bond acceptors (Lipinski definition) is 14. The van der Waals surface area contributed by atoms with Gasteiger partial charge in [-0.15, -0.1) is 29.3 Å². The number of thiophene rings is 1. The van der Waals surface area contributed by atoms with E-state index in [1.54, 1.807) is 19.1 Å². The SMILES string of the molecule is C=C[C@@H]1C[C@]1(CC(=O)[C@@H]1C[C@@H](Oc2nc(-c3ccc(OC(C)C)cc3)nc3c2sc2ccc(F)cc23)CN1C(=O)[C@@H](Cc1nc(C)c(C(=O)OC)s1)C(C)(C)C)C(=O)NS(=O)(=O)C1CC1. The van der Waals surface area contributed by atoms with Gasteiger partial charge in [-0.1, -0.05) is 26.8 Å². The number of rotatable bonds is 16. The van der Waals surface area contributed by atoms with E-state index in [4.69, 9.17) is 24.2 Å². The van der Waals surface area contributed by atoms with E-state index in [0.29, 0.717) is 61.2 Å². The molecule has 14 nitrogen and oxygen atoms in total. The summed E-state index contributed by atoms with van der Waals surface area (Å²) in [5, 5.41) is 0.475. The fourth-order valence-corrected chi connectivity index (χ4v) is 12.1. The summed E-state index contributed by atoms with van der Waals surface area (Å²) in [6, 6.07) is 10.7. The minimum atomic E-state index is -3.91. The first-order chi connectivity index (χ1) is 30.7. The van der Waals surface area contributed by atoms with Crippen LogP contribution in [0.4, 0.5) is 4.39 Å². The molecule has 18 heteroatoms. The molecule has 0 radical (unpaired) electrons. The van der Waals surface area contributed by atoms with Gasteiger partial charge in [0.05, 0.1) is 52.7 Å². The van der Waals surface area contributed by atoms with Crippen LogP contribution in [0.3, 0.4) is 0 Å². The van der Waals surface area contributed by atoms with Gasteiger partial charge < -0.3 is 19.1 Å². The predicted molar refractivity (Wildman–Crippen MR) is 246 cm³/mol. The summed E-state index contributed by atoms with van der Waals surface area (Å²) >= 11 is 2.48. The molecule has 344 valence electrons. The quantitative estimate of drug-likeness (QED) is 0.0744. The number of aromatic nitrogens is 3. The molecule has 5 atom stereocenters. The zero-order valence-corrected chi connectivity index (χ0v) is 39.8. The highest BCUT2D eigenvalue weighted by molar-refractivity contribution is 7.91. The molecule has 3 aliphatic rings. The molecule has 0 unspecified atom stereocenters. The lowest BCUT2D eigenvalue weighted by molar-refractivity contribution is -0.144. The normalized spacial score (nSPS) is 21.4. The average Bonchev–Trinajstić information content (AvgIpc) is 4.11. The number of benzene rings is 2. The summed E-state index contributed by atoms with van der Waals surface area (Å²) in [7, 11) is -2.62. The minimum Gasteiger partial charge on any atom is -0.491 e. The molecule has 0 bridgehead atoms. The first-order valence-corrected chi connectivity index (χ1v) is 24.8. The van der Waals surface area contributed by atoms with Crippen molar-refractivity contribution in [3.63, 3.8) is 0 Å². The summed E-state index contributed by atoms with van der Waals surface area (Å²) < 4.78 is 61.7. The number of nitrogens with zero attached hydrogens (tertiary/aromatic N) is 4. The standard InChI is InChI=1S/C47H52FN5O9S3/c1-9-27-21-47(27,45(57)52-65(58,59)31-15-16-31)22-35(54)34-19-30(23-53(34)43(55)33(46(5,6)7)20-37-49-25(4)39(64-37)44(56)60-8)62-42-40-38(32-18-28(48)12-17-36(32)63-40)50-41(51-42)26-10-13-29(14-11-26)61-24(2)3/h9-14,17-18,24,27,30-31,33-34H,1,15-16,19-23H2,2-8H3,(H,52,57)/t27-,30-,33-,34+,47-/m1/s1. The molecular formula is C47H52FN5O9S3. The summed E-state index contributed by atoms with van der Waals surface area (Å²) in [4.78, 5) is 72.6. The number of ketones is 1. The lowest BCUT2D eigenvalue weighted by Gasteiger charge is -2.35. The molecule has 2 saturated carbocycles. The van der Waals surface area contributed by atoms with E-state index in [9.17, 15) is 27.2 Å². The smallest absolute Gasteiger partial charge is 0.349 e. The zero-order chi connectivity index (χ0) is 46.7. The lowest BCUT2D eigenvalue weighted by Crippen LogP contribution is -2.48. The molecule has 2 amide bonds. The number of Topliss-reactive ketones (excluding diaryl/α,β-unsaturated/α-hetero) is 1. The van der Waals surface area contributed by atoms with Crippen molar-refractivity contribution in [1.29, 1.82) is 0 Å². The number of thiazole rings is 1. The van der Waals surface area contributed by atoms with Gasteiger partial charge in [0.1, 0.15) is 27.2 Å². The number of fused-ring (bicyclic) bond motifs is 3. The van der Waals surface area contributed by atoms with E-state index < -0.39 is 73.6 Å². The highest BCUT2D eigenvalue weighted by Gasteiger charge is 2.61. The molecule has 8 rings (SSSR count). The fourth-order valence-electron chi connectivity index (χ4n) is 8.61. The molecule has 1 saturated heterocycles. The second-order valence-corrected chi connectivity index (χ2v) is 22.7. The van der Waals surface area contributed by atoms with Gasteiger partial charge in [0, 0.05) is 40.8 Å². The summed E-state index contributed by atoms with van der Waals surface area (Å²) in [5.74, 6) is -2.51. The predicted octanol–water partition coefficient (Wildman–Crippen LogP) is 8.00. The molecule has 2 aromatic carbocycles. The van der Waals surface area contributed by atoms with Crippen LogP contribution in [-0.4, -0.2) is 89.0 Å². The Labute approximate surface area is 385 Å². The van der Waals surface area contributed by atoms with Crippen LogP contribution < -0.4 is 14.2 Å². The molecule has 65 heavy (non-hydrogen) atoms. The summed E-state index contributed by atoms with van der Waals surface area (Å²) in [5.41, 5.74) is -0.410. The molecule has 4 heterocycles. The van der Waals surface area contributed by atoms with Crippen molar-refractivity contribution in [3.8, 4) is 23.0 Å². The highest BCUT2D eigenvalue weighted by Crippen LogP contribution is 2.57. The van der Waals surface area contributed by atoms with Gasteiger partial charge in [0.2, 0.25) is 27.7 Å². The third-order valence-corrected chi connectivity index (χ3v) is 16.5. The van der Waals surface area contributed by atoms with Crippen LogP contribution in [0, 0.1) is 35.4 Å². The van der Waals surface area contributed by atoms with Crippen LogP contribution in [0.25, 0.3) is 31.7 Å². The number of carbonyl (C=O) groups excluding carboxylic acids is 4. The Kier molecular flexibility index (Phi) is 12.4. The number of allylic oxidation sites excluding steroid dienone is 1. The van der Waals surface area contributed by atoms with Crippen molar-refractivity contribution in [2.45, 2.75) is 104 Å². The van der Waals surface area contributed by atoms with Crippen LogP contribution in [0.1, 0.15) is 87.1 Å². The van der Waals surface area contributed by atoms with E-state index in [-0.39, 0.29) is 50.1 Å². The Morgan fingerprint density at radius 1 is 1.06 bits per heavy atom. The Hall–Kier alpha value is -5.33. The number of halogens is 1. The number of amides is 2. The van der Waals surface area contributed by atoms with Crippen LogP contribution in [0.5, 0.6) is 11.6 Å². The van der Waals surface area contributed by atoms with Gasteiger partial charge in [0.25, 0.3) is 0 Å². The maximum absolute atomic E-state index is 15.2. The van der Waals surface area contributed by atoms with Crippen LogP contribution in [0.2, 0.25) is 0 Å². The number of nitrogens with one attached hydrogen (secondary N) is 1. The third kappa shape index (κ3) is 9.39. The number of ether oxygens (including phenoxy) is 3. The van der Waals surface area contributed by atoms with Crippen molar-refractivity contribution < 1.29 is 46.2 Å². The number of likely N-dealkylation sites (tertiary alicyclic amines) is 1. The van der Waals surface area contributed by atoms with Crippen LogP contribution in [0.15, 0.2) is 55.1 Å². The minimum absolute atomic E-state index is 0.0305. The summed E-state index contributed by atoms with van der Waals surface area (Å²) in [6.45, 7) is 15.1. The zero-order valence-electron chi connectivity index (χ0n) is 37.3. The first kappa shape index (κ1) is 46.2. The summed E-state index contributed by atoms with van der Waals surface area (Å²) in [6.07, 6.45) is 1.74. The number of hydrogen-bond donors (Lipinski definition) is 1. The molecule has 1 N–H and O–H groups in total. The second kappa shape index (κ2) is 17.5. The van der Waals surface area contributed by atoms with E-state index in [2.05, 4.69) is 16.3 Å². The monoisotopic (exact) mass is 945 g/mol. The van der Waals surface area contributed by atoms with E-state index in [0.717, 1.165) is 16.0 Å².